The summed E-state index contributed by atoms with van der Waals surface area (Å²) < 4.78 is 5.61. The number of ether oxygens (including phenoxy) is 1. The van der Waals surface area contributed by atoms with Gasteiger partial charge < -0.3 is 4.74 Å². The maximum Gasteiger partial charge on any atom is 0.209 e. The molecule has 0 radical (unpaired) electrons. The van der Waals surface area contributed by atoms with Crippen molar-refractivity contribution in [2.24, 2.45) is 0 Å². The molecular formula is C18H16ClN3O2S. The summed E-state index contributed by atoms with van der Waals surface area (Å²) in [5, 5.41) is 8.20. The Balaban J connectivity index is 1.68. The van der Waals surface area contributed by atoms with Crippen LogP contribution >= 0.6 is 23.4 Å². The lowest BCUT2D eigenvalue weighted by Crippen LogP contribution is -2.02. The van der Waals surface area contributed by atoms with E-state index in [1.54, 1.807) is 24.3 Å². The van der Waals surface area contributed by atoms with Gasteiger partial charge in [0.05, 0.1) is 17.9 Å². The maximum absolute atomic E-state index is 12.2. The molecule has 3 rings (SSSR count). The Hall–Kier alpha value is -2.31. The highest BCUT2D eigenvalue weighted by Crippen LogP contribution is 2.28. The predicted molar refractivity (Wildman–Crippen MR) is 99.5 cm³/mol. The third-order valence-corrected chi connectivity index (χ3v) is 4.50. The van der Waals surface area contributed by atoms with E-state index in [4.69, 9.17) is 16.3 Å². The van der Waals surface area contributed by atoms with Crippen LogP contribution in [0.15, 0.2) is 53.7 Å². The summed E-state index contributed by atoms with van der Waals surface area (Å²) in [5.74, 6) is 1.62. The molecule has 0 unspecified atom stereocenters. The van der Waals surface area contributed by atoms with Crippen molar-refractivity contribution >= 4 is 29.1 Å². The average Bonchev–Trinajstić information content (AvgIpc) is 3.10. The Morgan fingerprint density at radius 2 is 1.96 bits per heavy atom. The molecule has 0 aliphatic carbocycles. The number of hydrogen-bond donors (Lipinski definition) is 1. The van der Waals surface area contributed by atoms with Gasteiger partial charge in [-0.2, -0.15) is 0 Å². The SMILES string of the molecule is CCOc1ccccc1-c1nc(SCC(=O)c2ccc(Cl)cc2)n[nH]1. The van der Waals surface area contributed by atoms with Crippen LogP contribution in [0.2, 0.25) is 5.02 Å². The van der Waals surface area contributed by atoms with Crippen LogP contribution in [0.4, 0.5) is 0 Å². The van der Waals surface area contributed by atoms with Gasteiger partial charge in [0.25, 0.3) is 0 Å². The van der Waals surface area contributed by atoms with E-state index in [1.165, 1.54) is 11.8 Å². The Morgan fingerprint density at radius 3 is 2.72 bits per heavy atom. The van der Waals surface area contributed by atoms with E-state index in [0.717, 1.165) is 11.3 Å². The zero-order valence-corrected chi connectivity index (χ0v) is 15.1. The van der Waals surface area contributed by atoms with Crippen molar-refractivity contribution in [1.82, 2.24) is 15.2 Å². The van der Waals surface area contributed by atoms with Crippen LogP contribution in [-0.2, 0) is 0 Å². The van der Waals surface area contributed by atoms with Gasteiger partial charge >= 0.3 is 0 Å². The van der Waals surface area contributed by atoms with E-state index in [-0.39, 0.29) is 11.5 Å². The second-order valence-electron chi connectivity index (χ2n) is 5.11. The molecule has 0 amide bonds. The number of halogens is 1. The number of nitrogens with zero attached hydrogens (tertiary/aromatic N) is 2. The van der Waals surface area contributed by atoms with Gasteiger partial charge in [0, 0.05) is 10.6 Å². The number of nitrogens with one attached hydrogen (secondary N) is 1. The van der Waals surface area contributed by atoms with Gasteiger partial charge in [0.2, 0.25) is 5.16 Å². The molecule has 3 aromatic rings. The first-order valence-corrected chi connectivity index (χ1v) is 9.10. The van der Waals surface area contributed by atoms with Crippen LogP contribution < -0.4 is 4.74 Å². The number of para-hydroxylation sites is 1. The standard InChI is InChI=1S/C18H16ClN3O2S/c1-2-24-16-6-4-3-5-14(16)17-20-18(22-21-17)25-11-15(23)12-7-9-13(19)10-8-12/h3-10H,2,11H2,1H3,(H,20,21,22). The first-order chi connectivity index (χ1) is 12.2. The van der Waals surface area contributed by atoms with Crippen LogP contribution in [0.5, 0.6) is 5.75 Å². The van der Waals surface area contributed by atoms with E-state index in [9.17, 15) is 4.79 Å². The number of hydrogen-bond acceptors (Lipinski definition) is 5. The molecular weight excluding hydrogens is 358 g/mol. The normalized spacial score (nSPS) is 10.6. The smallest absolute Gasteiger partial charge is 0.209 e. The Kier molecular flexibility index (Phi) is 5.73. The van der Waals surface area contributed by atoms with Crippen LogP contribution in [0, 0.1) is 0 Å². The van der Waals surface area contributed by atoms with Crippen LogP contribution in [-0.4, -0.2) is 33.3 Å². The van der Waals surface area contributed by atoms with Gasteiger partial charge in [-0.3, -0.25) is 9.89 Å². The fourth-order valence-corrected chi connectivity index (χ4v) is 3.04. The van der Waals surface area contributed by atoms with Crippen LogP contribution in [0.25, 0.3) is 11.4 Å². The first kappa shape index (κ1) is 17.5. The summed E-state index contributed by atoms with van der Waals surface area (Å²) in [4.78, 5) is 16.6. The maximum atomic E-state index is 12.2. The molecule has 2 aromatic carbocycles. The molecule has 5 nitrogen and oxygen atoms in total. The summed E-state index contributed by atoms with van der Waals surface area (Å²) in [5.41, 5.74) is 1.46. The van der Waals surface area contributed by atoms with E-state index in [2.05, 4.69) is 15.2 Å². The fourth-order valence-electron chi connectivity index (χ4n) is 2.22. The average molecular weight is 374 g/mol. The highest BCUT2D eigenvalue weighted by atomic mass is 35.5. The number of aromatic nitrogens is 3. The van der Waals surface area contributed by atoms with E-state index >= 15 is 0 Å². The minimum absolute atomic E-state index is 0.00253. The number of thioether (sulfide) groups is 1. The number of Topliss-reactive ketones (excluding diaryl/α,β-unsaturated/α-hetero) is 1. The number of rotatable bonds is 7. The highest BCUT2D eigenvalue weighted by molar-refractivity contribution is 7.99. The lowest BCUT2D eigenvalue weighted by Gasteiger charge is -2.06. The predicted octanol–water partition coefficient (Wildman–Crippen LogP) is 4.50. The summed E-state index contributed by atoms with van der Waals surface area (Å²) in [7, 11) is 0. The highest BCUT2D eigenvalue weighted by Gasteiger charge is 2.13. The number of carbonyl (C=O) groups excluding carboxylic acids is 1. The molecule has 0 spiro atoms. The largest absolute Gasteiger partial charge is 0.493 e. The van der Waals surface area contributed by atoms with Crippen molar-refractivity contribution in [3.63, 3.8) is 0 Å². The zero-order chi connectivity index (χ0) is 17.6. The molecule has 1 N–H and O–H groups in total. The third-order valence-electron chi connectivity index (χ3n) is 3.41. The number of carbonyl (C=O) groups is 1. The van der Waals surface area contributed by atoms with E-state index < -0.39 is 0 Å². The lowest BCUT2D eigenvalue weighted by molar-refractivity contribution is 0.102. The van der Waals surface area contributed by atoms with Crippen molar-refractivity contribution in [3.8, 4) is 17.1 Å². The quantitative estimate of drug-likeness (QED) is 0.488. The number of benzene rings is 2. The fraction of sp³-hybridized carbons (Fsp3) is 0.167. The zero-order valence-electron chi connectivity index (χ0n) is 13.5. The third kappa shape index (κ3) is 4.41. The van der Waals surface area contributed by atoms with Gasteiger partial charge in [-0.05, 0) is 43.3 Å². The summed E-state index contributed by atoms with van der Waals surface area (Å²) in [6, 6.07) is 14.5. The molecule has 0 saturated carbocycles. The van der Waals surface area contributed by atoms with Crippen molar-refractivity contribution < 1.29 is 9.53 Å². The van der Waals surface area contributed by atoms with Crippen LogP contribution in [0.1, 0.15) is 17.3 Å². The topological polar surface area (TPSA) is 67.9 Å². The summed E-state index contributed by atoms with van der Waals surface area (Å²) in [6.45, 7) is 2.50. The second-order valence-corrected chi connectivity index (χ2v) is 6.49. The monoisotopic (exact) mass is 373 g/mol. The van der Waals surface area contributed by atoms with Crippen LogP contribution in [0.3, 0.4) is 0 Å². The molecule has 0 aliphatic heterocycles. The molecule has 0 saturated heterocycles. The van der Waals surface area contributed by atoms with Crippen molar-refractivity contribution in [2.75, 3.05) is 12.4 Å². The molecule has 0 aliphatic rings. The minimum atomic E-state index is 0.00253. The van der Waals surface area contributed by atoms with Crippen molar-refractivity contribution in [1.29, 1.82) is 0 Å². The summed E-state index contributed by atoms with van der Waals surface area (Å²) >= 11 is 7.12. The van der Waals surface area contributed by atoms with Gasteiger partial charge in [0.15, 0.2) is 11.6 Å². The molecule has 0 fully saturated rings. The molecule has 7 heteroatoms. The molecule has 0 bridgehead atoms. The first-order valence-electron chi connectivity index (χ1n) is 7.73. The molecule has 128 valence electrons. The Labute approximate surface area is 154 Å². The molecule has 25 heavy (non-hydrogen) atoms. The number of H-pyrrole nitrogens is 1. The van der Waals surface area contributed by atoms with Gasteiger partial charge in [0.1, 0.15) is 5.75 Å². The molecule has 1 heterocycles. The van der Waals surface area contributed by atoms with E-state index in [0.29, 0.717) is 28.2 Å². The minimum Gasteiger partial charge on any atom is -0.493 e. The van der Waals surface area contributed by atoms with Gasteiger partial charge in [-0.15, -0.1) is 5.10 Å². The second kappa shape index (κ2) is 8.18. The van der Waals surface area contributed by atoms with Crippen molar-refractivity contribution in [2.45, 2.75) is 12.1 Å². The number of ketones is 1. The Morgan fingerprint density at radius 1 is 1.20 bits per heavy atom. The Bertz CT molecular complexity index is 865. The lowest BCUT2D eigenvalue weighted by atomic mass is 10.1. The van der Waals surface area contributed by atoms with Crippen molar-refractivity contribution in [3.05, 3.63) is 59.1 Å². The van der Waals surface area contributed by atoms with E-state index in [1.807, 2.05) is 31.2 Å². The molecule has 1 aromatic heterocycles. The molecule has 0 atom stereocenters. The number of aromatic amines is 1. The summed E-state index contributed by atoms with van der Waals surface area (Å²) in [6.07, 6.45) is 0. The van der Waals surface area contributed by atoms with Gasteiger partial charge in [-0.1, -0.05) is 35.5 Å². The van der Waals surface area contributed by atoms with Gasteiger partial charge in [-0.25, -0.2) is 4.98 Å².